The van der Waals surface area contributed by atoms with Gasteiger partial charge in [-0.3, -0.25) is 4.79 Å². The fourth-order valence-corrected chi connectivity index (χ4v) is 2.08. The summed E-state index contributed by atoms with van der Waals surface area (Å²) in [6.45, 7) is 1.50. The zero-order valence-corrected chi connectivity index (χ0v) is 12.7. The Morgan fingerprint density at radius 1 is 0.708 bits per heavy atom. The van der Waals surface area contributed by atoms with Crippen LogP contribution in [-0.4, -0.2) is 37.3 Å². The topological polar surface area (TPSA) is 106 Å². The first-order valence-electron chi connectivity index (χ1n) is 7.07. The molecule has 0 saturated carbocycles. The number of carbonyl (C=O) groups is 2. The van der Waals surface area contributed by atoms with Gasteiger partial charge < -0.3 is 5.11 Å². The van der Waals surface area contributed by atoms with Crippen molar-refractivity contribution in [1.29, 1.82) is 0 Å². The lowest BCUT2D eigenvalue weighted by molar-refractivity contribution is 0.0696. The Morgan fingerprint density at radius 3 is 1.42 bits per heavy atom. The maximum absolute atomic E-state index is 11.3. The first-order valence-corrected chi connectivity index (χ1v) is 7.07. The Kier molecular flexibility index (Phi) is 4.07. The molecule has 118 valence electrons. The Bertz CT molecular complexity index is 812. The predicted octanol–water partition coefficient (Wildman–Crippen LogP) is 2.50. The van der Waals surface area contributed by atoms with E-state index in [1.165, 1.54) is 19.1 Å². The number of rotatable bonds is 4. The molecule has 0 aliphatic carbocycles. The SMILES string of the molecule is CC(=O)c1ccc(-c2nnc(-c3ccc(C(=O)O)cc3)nn2)cc1. The molecule has 7 heteroatoms. The summed E-state index contributed by atoms with van der Waals surface area (Å²) in [6, 6.07) is 13.0. The van der Waals surface area contributed by atoms with Gasteiger partial charge in [-0.2, -0.15) is 0 Å². The van der Waals surface area contributed by atoms with Gasteiger partial charge in [-0.1, -0.05) is 36.4 Å². The zero-order chi connectivity index (χ0) is 17.1. The molecule has 0 fully saturated rings. The van der Waals surface area contributed by atoms with Gasteiger partial charge in [0.2, 0.25) is 11.6 Å². The van der Waals surface area contributed by atoms with Crippen molar-refractivity contribution in [2.45, 2.75) is 6.92 Å². The Balaban J connectivity index is 1.84. The van der Waals surface area contributed by atoms with Crippen LogP contribution in [-0.2, 0) is 0 Å². The van der Waals surface area contributed by atoms with E-state index >= 15 is 0 Å². The van der Waals surface area contributed by atoms with Crippen molar-refractivity contribution in [1.82, 2.24) is 20.4 Å². The van der Waals surface area contributed by atoms with Gasteiger partial charge in [-0.15, -0.1) is 20.4 Å². The molecule has 0 bridgehead atoms. The molecule has 0 radical (unpaired) electrons. The van der Waals surface area contributed by atoms with E-state index in [9.17, 15) is 9.59 Å². The Hall–Kier alpha value is -3.48. The lowest BCUT2D eigenvalue weighted by Gasteiger charge is -2.02. The number of aromatic carboxylic acids is 1. The maximum Gasteiger partial charge on any atom is 0.335 e. The number of hydrogen-bond acceptors (Lipinski definition) is 6. The van der Waals surface area contributed by atoms with Crippen LogP contribution in [0.5, 0.6) is 0 Å². The summed E-state index contributed by atoms with van der Waals surface area (Å²) in [7, 11) is 0. The predicted molar refractivity (Wildman–Crippen MR) is 85.5 cm³/mol. The van der Waals surface area contributed by atoms with E-state index in [1.54, 1.807) is 36.4 Å². The molecule has 2 aromatic carbocycles. The third kappa shape index (κ3) is 3.14. The molecule has 0 amide bonds. The van der Waals surface area contributed by atoms with Gasteiger partial charge >= 0.3 is 5.97 Å². The van der Waals surface area contributed by atoms with Gasteiger partial charge in [0.15, 0.2) is 5.78 Å². The summed E-state index contributed by atoms with van der Waals surface area (Å²) < 4.78 is 0. The van der Waals surface area contributed by atoms with Crippen molar-refractivity contribution < 1.29 is 14.7 Å². The van der Waals surface area contributed by atoms with E-state index in [4.69, 9.17) is 5.11 Å². The number of benzene rings is 2. The molecule has 3 aromatic rings. The first kappa shape index (κ1) is 15.4. The largest absolute Gasteiger partial charge is 0.478 e. The van der Waals surface area contributed by atoms with E-state index in [2.05, 4.69) is 20.4 Å². The monoisotopic (exact) mass is 320 g/mol. The van der Waals surface area contributed by atoms with E-state index in [-0.39, 0.29) is 11.3 Å². The average molecular weight is 320 g/mol. The number of aromatic nitrogens is 4. The summed E-state index contributed by atoms with van der Waals surface area (Å²) in [5.74, 6) is -0.367. The highest BCUT2D eigenvalue weighted by atomic mass is 16.4. The van der Waals surface area contributed by atoms with Crippen LogP contribution in [0.2, 0.25) is 0 Å². The highest BCUT2D eigenvalue weighted by molar-refractivity contribution is 5.94. The van der Waals surface area contributed by atoms with E-state index < -0.39 is 5.97 Å². The van der Waals surface area contributed by atoms with Crippen molar-refractivity contribution in [2.75, 3.05) is 0 Å². The molecule has 1 aromatic heterocycles. The number of hydrogen-bond donors (Lipinski definition) is 1. The highest BCUT2D eigenvalue weighted by Crippen LogP contribution is 2.17. The average Bonchev–Trinajstić information content (AvgIpc) is 2.62. The van der Waals surface area contributed by atoms with Gasteiger partial charge in [0.1, 0.15) is 0 Å². The highest BCUT2D eigenvalue weighted by Gasteiger charge is 2.09. The van der Waals surface area contributed by atoms with Gasteiger partial charge in [-0.25, -0.2) is 4.79 Å². The summed E-state index contributed by atoms with van der Waals surface area (Å²) in [4.78, 5) is 22.1. The van der Waals surface area contributed by atoms with Crippen LogP contribution in [0.25, 0.3) is 22.8 Å². The Labute approximate surface area is 137 Å². The second-order valence-electron chi connectivity index (χ2n) is 5.06. The van der Waals surface area contributed by atoms with E-state index in [0.29, 0.717) is 28.3 Å². The van der Waals surface area contributed by atoms with Gasteiger partial charge in [0, 0.05) is 16.7 Å². The maximum atomic E-state index is 11.3. The van der Waals surface area contributed by atoms with Crippen LogP contribution in [0.1, 0.15) is 27.6 Å². The zero-order valence-electron chi connectivity index (χ0n) is 12.7. The second-order valence-corrected chi connectivity index (χ2v) is 5.06. The fraction of sp³-hybridized carbons (Fsp3) is 0.0588. The standard InChI is InChI=1S/C17H12N4O3/c1-10(22)11-2-4-12(5-3-11)15-18-20-16(21-19-15)13-6-8-14(9-7-13)17(23)24/h2-9H,1H3,(H,23,24). The van der Waals surface area contributed by atoms with Crippen LogP contribution in [0.4, 0.5) is 0 Å². The van der Waals surface area contributed by atoms with Crippen LogP contribution >= 0.6 is 0 Å². The van der Waals surface area contributed by atoms with Crippen molar-refractivity contribution in [3.8, 4) is 22.8 Å². The molecule has 7 nitrogen and oxygen atoms in total. The lowest BCUT2D eigenvalue weighted by atomic mass is 10.1. The third-order valence-corrected chi connectivity index (χ3v) is 3.42. The fourth-order valence-electron chi connectivity index (χ4n) is 2.08. The summed E-state index contributed by atoms with van der Waals surface area (Å²) in [5.41, 5.74) is 2.11. The molecule has 0 atom stereocenters. The minimum Gasteiger partial charge on any atom is -0.478 e. The molecule has 0 spiro atoms. The molecule has 3 rings (SSSR count). The third-order valence-electron chi connectivity index (χ3n) is 3.42. The van der Waals surface area contributed by atoms with Crippen LogP contribution in [0, 0.1) is 0 Å². The van der Waals surface area contributed by atoms with Crippen molar-refractivity contribution in [3.63, 3.8) is 0 Å². The molecule has 0 aliphatic rings. The molecule has 0 unspecified atom stereocenters. The van der Waals surface area contributed by atoms with Crippen molar-refractivity contribution >= 4 is 11.8 Å². The van der Waals surface area contributed by atoms with Crippen molar-refractivity contribution in [3.05, 3.63) is 59.7 Å². The quantitative estimate of drug-likeness (QED) is 0.736. The normalized spacial score (nSPS) is 10.4. The van der Waals surface area contributed by atoms with E-state index in [1.807, 2.05) is 0 Å². The summed E-state index contributed by atoms with van der Waals surface area (Å²) in [6.07, 6.45) is 0. The number of Topliss-reactive ketones (excluding diaryl/α,β-unsaturated/α-hetero) is 1. The Morgan fingerprint density at radius 2 is 1.08 bits per heavy atom. The first-order chi connectivity index (χ1) is 11.5. The molecule has 0 saturated heterocycles. The number of carboxylic acid groups (broad SMARTS) is 1. The van der Waals surface area contributed by atoms with Crippen molar-refractivity contribution in [2.24, 2.45) is 0 Å². The molecule has 24 heavy (non-hydrogen) atoms. The van der Waals surface area contributed by atoms with Crippen LogP contribution in [0.15, 0.2) is 48.5 Å². The molecule has 0 aliphatic heterocycles. The molecular formula is C17H12N4O3. The van der Waals surface area contributed by atoms with Gasteiger partial charge in [0.05, 0.1) is 5.56 Å². The molecule has 1 heterocycles. The van der Waals surface area contributed by atoms with E-state index in [0.717, 1.165) is 0 Å². The van der Waals surface area contributed by atoms with Gasteiger partial charge in [-0.05, 0) is 19.1 Å². The smallest absolute Gasteiger partial charge is 0.335 e. The minimum absolute atomic E-state index is 0.0149. The minimum atomic E-state index is -0.997. The molecular weight excluding hydrogens is 308 g/mol. The number of nitrogens with zero attached hydrogens (tertiary/aromatic N) is 4. The number of ketones is 1. The number of carbonyl (C=O) groups excluding carboxylic acids is 1. The second kappa shape index (κ2) is 6.33. The lowest BCUT2D eigenvalue weighted by Crippen LogP contribution is -2.00. The summed E-state index contributed by atoms with van der Waals surface area (Å²) in [5, 5.41) is 25.0. The van der Waals surface area contributed by atoms with Crippen LogP contribution in [0.3, 0.4) is 0 Å². The van der Waals surface area contributed by atoms with Crippen LogP contribution < -0.4 is 0 Å². The summed E-state index contributed by atoms with van der Waals surface area (Å²) >= 11 is 0. The number of carboxylic acids is 1. The molecule has 1 N–H and O–H groups in total. The van der Waals surface area contributed by atoms with Gasteiger partial charge in [0.25, 0.3) is 0 Å².